The van der Waals surface area contributed by atoms with Crippen LogP contribution in [0.15, 0.2) is 0 Å². The Morgan fingerprint density at radius 3 is 1.43 bits per heavy atom. The molecule has 0 bridgehead atoms. The monoisotopic (exact) mass is 144 g/mol. The molecule has 0 fully saturated rings. The lowest BCUT2D eigenvalue weighted by molar-refractivity contribution is 0.555. The van der Waals surface area contributed by atoms with Crippen LogP contribution in [0.1, 0.15) is 0 Å². The second-order valence-electron chi connectivity index (χ2n) is 0.761. The zero-order valence-electron chi connectivity index (χ0n) is 3.23. The van der Waals surface area contributed by atoms with E-state index in [1.165, 1.54) is 0 Å². The highest BCUT2D eigenvalue weighted by Gasteiger charge is 1.95. The molecule has 0 heterocycles. The van der Waals surface area contributed by atoms with Gasteiger partial charge in [0.05, 0.1) is 0 Å². The molecule has 0 aliphatic carbocycles. The van der Waals surface area contributed by atoms with Crippen LogP contribution in [0.3, 0.4) is 0 Å². The minimum Gasteiger partial charge on any atom is -0.305 e. The Bertz CT molecular complexity index is 85.9. The van der Waals surface area contributed by atoms with Crippen molar-refractivity contribution in [3.05, 3.63) is 0 Å². The molecule has 0 aliphatic heterocycles. The molecule has 44 valence electrons. The van der Waals surface area contributed by atoms with E-state index in [1.807, 2.05) is 0 Å². The summed E-state index contributed by atoms with van der Waals surface area (Å²) in [5, 5.41) is -0.583. The third-order valence-corrected chi connectivity index (χ3v) is 1.81. The molecule has 4 nitrogen and oxygen atoms in total. The second-order valence-corrected chi connectivity index (χ2v) is 2.99. The first-order valence-corrected chi connectivity index (χ1v) is 3.83. The Labute approximate surface area is 45.5 Å². The molecule has 7 heavy (non-hydrogen) atoms. The summed E-state index contributed by atoms with van der Waals surface area (Å²) >= 11 is -4.29. The van der Waals surface area contributed by atoms with Gasteiger partial charge in [-0.2, -0.15) is 0 Å². The maximum absolute atomic E-state index is 9.57. The molecule has 0 aromatic heterocycles. The maximum Gasteiger partial charge on any atom is 0.168 e. The minimum absolute atomic E-state index is 0.583. The highest BCUT2D eigenvalue weighted by molar-refractivity contribution is 7.96. The van der Waals surface area contributed by atoms with E-state index in [2.05, 4.69) is 0 Å². The van der Waals surface area contributed by atoms with Gasteiger partial charge in [-0.05, 0) is 0 Å². The van der Waals surface area contributed by atoms with E-state index < -0.39 is 27.2 Å². The molecular formula is CH4O4S2. The van der Waals surface area contributed by atoms with E-state index in [0.717, 1.165) is 0 Å². The van der Waals surface area contributed by atoms with Gasteiger partial charge in [0, 0.05) is 0 Å². The van der Waals surface area contributed by atoms with Crippen molar-refractivity contribution in [2.45, 2.75) is 0 Å². The van der Waals surface area contributed by atoms with Crippen molar-refractivity contribution in [1.29, 1.82) is 0 Å². The Balaban J connectivity index is 3.32. The van der Waals surface area contributed by atoms with E-state index in [-0.39, 0.29) is 0 Å². The normalized spacial score (nSPS) is 18.6. The van der Waals surface area contributed by atoms with Crippen molar-refractivity contribution in [3.63, 3.8) is 0 Å². The van der Waals surface area contributed by atoms with Crippen LogP contribution in [-0.4, -0.2) is 22.6 Å². The van der Waals surface area contributed by atoms with Gasteiger partial charge in [0.25, 0.3) is 0 Å². The van der Waals surface area contributed by atoms with Gasteiger partial charge in [-0.1, -0.05) is 0 Å². The average molecular weight is 144 g/mol. The minimum atomic E-state index is -2.15. The van der Waals surface area contributed by atoms with Gasteiger partial charge in [-0.3, -0.25) is 0 Å². The molecule has 0 saturated carbocycles. The van der Waals surface area contributed by atoms with E-state index in [4.69, 9.17) is 9.11 Å². The lowest BCUT2D eigenvalue weighted by Crippen LogP contribution is -2.00. The molecule has 0 aliphatic rings. The fourth-order valence-corrected chi connectivity index (χ4v) is 0.776. The molecule has 0 saturated heterocycles. The van der Waals surface area contributed by atoms with Crippen molar-refractivity contribution < 1.29 is 17.5 Å². The van der Waals surface area contributed by atoms with Crippen molar-refractivity contribution >= 4 is 22.2 Å². The van der Waals surface area contributed by atoms with Crippen LogP contribution in [-0.2, 0) is 22.2 Å². The van der Waals surface area contributed by atoms with Crippen molar-refractivity contribution in [1.82, 2.24) is 0 Å². The van der Waals surface area contributed by atoms with Crippen LogP contribution in [0.4, 0.5) is 0 Å². The van der Waals surface area contributed by atoms with Crippen LogP contribution in [0.2, 0.25) is 0 Å². The van der Waals surface area contributed by atoms with Crippen LogP contribution in [0.25, 0.3) is 0 Å². The molecule has 0 aromatic rings. The molecule has 0 amide bonds. The van der Waals surface area contributed by atoms with Gasteiger partial charge >= 0.3 is 0 Å². The van der Waals surface area contributed by atoms with Gasteiger partial charge in [-0.15, -0.1) is 0 Å². The molecule has 2 atom stereocenters. The summed E-state index contributed by atoms with van der Waals surface area (Å²) in [6, 6.07) is 0. The summed E-state index contributed by atoms with van der Waals surface area (Å²) in [6.45, 7) is 0. The van der Waals surface area contributed by atoms with Crippen molar-refractivity contribution in [2.24, 2.45) is 0 Å². The SMILES string of the molecule is O=S(O)CS(=O)O. The quantitative estimate of drug-likeness (QED) is 0.507. The van der Waals surface area contributed by atoms with Crippen molar-refractivity contribution in [2.75, 3.05) is 5.08 Å². The summed E-state index contributed by atoms with van der Waals surface area (Å²) in [7, 11) is 0. The van der Waals surface area contributed by atoms with Gasteiger partial charge in [-0.25, -0.2) is 8.42 Å². The van der Waals surface area contributed by atoms with Gasteiger partial charge in [0.15, 0.2) is 27.2 Å². The molecule has 2 N–H and O–H groups in total. The Morgan fingerprint density at radius 1 is 1.14 bits per heavy atom. The van der Waals surface area contributed by atoms with E-state index in [0.29, 0.717) is 0 Å². The fraction of sp³-hybridized carbons (Fsp3) is 1.00. The maximum atomic E-state index is 9.57. The first-order chi connectivity index (χ1) is 3.13. The predicted molar refractivity (Wildman–Crippen MR) is 26.4 cm³/mol. The number of hydrogen-bond donors (Lipinski definition) is 2. The Hall–Kier alpha value is 0.220. The van der Waals surface area contributed by atoms with Crippen molar-refractivity contribution in [3.8, 4) is 0 Å². The highest BCUT2D eigenvalue weighted by atomic mass is 32.3. The highest BCUT2D eigenvalue weighted by Crippen LogP contribution is 1.75. The van der Waals surface area contributed by atoms with E-state index >= 15 is 0 Å². The third-order valence-electron chi connectivity index (χ3n) is 0.202. The lowest BCUT2D eigenvalue weighted by atomic mass is 11.9. The van der Waals surface area contributed by atoms with E-state index in [1.54, 1.807) is 0 Å². The standard InChI is InChI=1S/CH4O4S2/c2-6(3)1-7(4)5/h1H2,(H,2,3)(H,4,5). The molecule has 0 aromatic carbocycles. The van der Waals surface area contributed by atoms with Gasteiger partial charge < -0.3 is 9.11 Å². The summed E-state index contributed by atoms with van der Waals surface area (Å²) in [5.41, 5.74) is 0. The second kappa shape index (κ2) is 3.25. The topological polar surface area (TPSA) is 74.6 Å². The lowest BCUT2D eigenvalue weighted by Gasteiger charge is -1.82. The molecule has 6 heteroatoms. The van der Waals surface area contributed by atoms with Gasteiger partial charge in [0.1, 0.15) is 0 Å². The summed E-state index contributed by atoms with van der Waals surface area (Å²) < 4.78 is 34.8. The predicted octanol–water partition coefficient (Wildman–Crippen LogP) is -0.613. The van der Waals surface area contributed by atoms with Crippen LogP contribution >= 0.6 is 0 Å². The molecule has 0 radical (unpaired) electrons. The number of rotatable bonds is 2. The number of hydrogen-bond acceptors (Lipinski definition) is 2. The summed E-state index contributed by atoms with van der Waals surface area (Å²) in [6.07, 6.45) is 0. The summed E-state index contributed by atoms with van der Waals surface area (Å²) in [5.74, 6) is 0. The molecular weight excluding hydrogens is 140 g/mol. The largest absolute Gasteiger partial charge is 0.305 e. The first kappa shape index (κ1) is 7.22. The smallest absolute Gasteiger partial charge is 0.168 e. The molecule has 0 rings (SSSR count). The first-order valence-electron chi connectivity index (χ1n) is 1.28. The molecule has 0 spiro atoms. The zero-order valence-corrected chi connectivity index (χ0v) is 4.87. The fourth-order valence-electron chi connectivity index (χ4n) is 0.0862. The Kier molecular flexibility index (Phi) is 3.35. The van der Waals surface area contributed by atoms with Gasteiger partial charge in [0.2, 0.25) is 0 Å². The summed E-state index contributed by atoms with van der Waals surface area (Å²) in [4.78, 5) is 0. The van der Waals surface area contributed by atoms with E-state index in [9.17, 15) is 8.42 Å². The third kappa shape index (κ3) is 6.22. The Morgan fingerprint density at radius 2 is 1.43 bits per heavy atom. The van der Waals surface area contributed by atoms with Crippen LogP contribution in [0.5, 0.6) is 0 Å². The van der Waals surface area contributed by atoms with Crippen LogP contribution in [0, 0.1) is 0 Å². The zero-order chi connectivity index (χ0) is 5.86. The molecule has 2 unspecified atom stereocenters. The average Bonchev–Trinajstić information content (AvgIpc) is 1.27. The van der Waals surface area contributed by atoms with Crippen LogP contribution < -0.4 is 0 Å².